The topological polar surface area (TPSA) is 14.2 Å². The zero-order valence-corrected chi connectivity index (χ0v) is 13.6. The lowest BCUT2D eigenvalue weighted by Crippen LogP contribution is -1.92. The van der Waals surface area contributed by atoms with Crippen molar-refractivity contribution in [3.05, 3.63) is 60.7 Å². The Hall–Kier alpha value is -2.00. The van der Waals surface area contributed by atoms with Crippen LogP contribution in [0.4, 0.5) is 0 Å². The van der Waals surface area contributed by atoms with E-state index < -0.39 is 0 Å². The molecule has 0 fully saturated rings. The van der Waals surface area contributed by atoms with Gasteiger partial charge in [0.05, 0.1) is 17.3 Å². The van der Waals surface area contributed by atoms with Crippen LogP contribution in [0.2, 0.25) is 0 Å². The summed E-state index contributed by atoms with van der Waals surface area (Å²) in [6, 6.07) is 16.4. The average molecular weight is 299 g/mol. The lowest BCUT2D eigenvalue weighted by Gasteiger charge is -2.09. The number of hydrogen-bond donors (Lipinski definition) is 0. The first-order valence-corrected chi connectivity index (χ1v) is 7.76. The SMILES string of the molecule is C=C(CC)c1ccccc1.COc1ccc2c(c1)sn2C. The maximum atomic E-state index is 5.09. The van der Waals surface area contributed by atoms with Crippen LogP contribution in [0.3, 0.4) is 0 Å². The van der Waals surface area contributed by atoms with Crippen LogP contribution < -0.4 is 4.74 Å². The molecule has 3 rings (SSSR count). The first-order valence-electron chi connectivity index (χ1n) is 6.98. The van der Waals surface area contributed by atoms with Crippen LogP contribution in [0.15, 0.2) is 55.1 Å². The Kier molecular flexibility index (Phi) is 5.23. The van der Waals surface area contributed by atoms with Crippen LogP contribution in [-0.2, 0) is 7.05 Å². The van der Waals surface area contributed by atoms with Crippen LogP contribution >= 0.6 is 11.5 Å². The maximum Gasteiger partial charge on any atom is 0.120 e. The van der Waals surface area contributed by atoms with E-state index in [1.807, 2.05) is 24.3 Å². The molecule has 0 atom stereocenters. The first kappa shape index (κ1) is 15.4. The van der Waals surface area contributed by atoms with Crippen molar-refractivity contribution in [2.75, 3.05) is 7.11 Å². The molecule has 0 aliphatic carbocycles. The fraction of sp³-hybridized carbons (Fsp3) is 0.222. The van der Waals surface area contributed by atoms with Gasteiger partial charge in [-0.3, -0.25) is 3.96 Å². The van der Waals surface area contributed by atoms with Gasteiger partial charge in [0, 0.05) is 13.1 Å². The average Bonchev–Trinajstić information content (AvgIpc) is 2.54. The molecule has 3 aromatic rings. The van der Waals surface area contributed by atoms with Crippen molar-refractivity contribution < 1.29 is 4.74 Å². The van der Waals surface area contributed by atoms with Crippen molar-refractivity contribution in [1.82, 2.24) is 3.96 Å². The van der Waals surface area contributed by atoms with Gasteiger partial charge in [-0.1, -0.05) is 55.4 Å². The lowest BCUT2D eigenvalue weighted by molar-refractivity contribution is 0.415. The predicted molar refractivity (Wildman–Crippen MR) is 93.1 cm³/mol. The Morgan fingerprint density at radius 1 is 1.19 bits per heavy atom. The zero-order chi connectivity index (χ0) is 15.2. The first-order chi connectivity index (χ1) is 10.2. The molecule has 0 saturated heterocycles. The second-order valence-electron chi connectivity index (χ2n) is 4.75. The second-order valence-corrected chi connectivity index (χ2v) is 5.92. The van der Waals surface area contributed by atoms with Gasteiger partial charge in [0.2, 0.25) is 0 Å². The second kappa shape index (κ2) is 7.14. The number of hydrogen-bond acceptors (Lipinski definition) is 2. The molecular weight excluding hydrogens is 278 g/mol. The van der Waals surface area contributed by atoms with Crippen molar-refractivity contribution in [1.29, 1.82) is 0 Å². The zero-order valence-electron chi connectivity index (χ0n) is 12.8. The Balaban J connectivity index is 0.000000155. The third-order valence-electron chi connectivity index (χ3n) is 3.35. The summed E-state index contributed by atoms with van der Waals surface area (Å²) in [5.41, 5.74) is 3.75. The Morgan fingerprint density at radius 3 is 2.43 bits per heavy atom. The largest absolute Gasteiger partial charge is 0.497 e. The summed E-state index contributed by atoms with van der Waals surface area (Å²) in [5.74, 6) is 0.935. The van der Waals surface area contributed by atoms with E-state index in [0.717, 1.165) is 12.2 Å². The molecule has 0 spiro atoms. The number of allylic oxidation sites excluding steroid dienone is 1. The molecule has 0 amide bonds. The highest BCUT2D eigenvalue weighted by Crippen LogP contribution is 2.27. The van der Waals surface area contributed by atoms with Crippen LogP contribution in [0.25, 0.3) is 15.8 Å². The van der Waals surface area contributed by atoms with Crippen LogP contribution in [0.5, 0.6) is 5.75 Å². The molecule has 2 aromatic carbocycles. The van der Waals surface area contributed by atoms with Gasteiger partial charge in [-0.2, -0.15) is 0 Å². The van der Waals surface area contributed by atoms with E-state index in [1.165, 1.54) is 21.4 Å². The van der Waals surface area contributed by atoms with Crippen molar-refractivity contribution in [3.8, 4) is 5.75 Å². The van der Waals surface area contributed by atoms with Gasteiger partial charge >= 0.3 is 0 Å². The highest BCUT2D eigenvalue weighted by molar-refractivity contribution is 7.16. The van der Waals surface area contributed by atoms with E-state index >= 15 is 0 Å². The van der Waals surface area contributed by atoms with Crippen molar-refractivity contribution >= 4 is 27.3 Å². The summed E-state index contributed by atoms with van der Waals surface area (Å²) in [7, 11) is 3.74. The highest BCUT2D eigenvalue weighted by Gasteiger charge is 2.02. The molecule has 1 heterocycles. The summed E-state index contributed by atoms with van der Waals surface area (Å²) in [5, 5.41) is 0. The van der Waals surface area contributed by atoms with Crippen LogP contribution in [-0.4, -0.2) is 11.1 Å². The van der Waals surface area contributed by atoms with E-state index in [1.54, 1.807) is 18.6 Å². The van der Waals surface area contributed by atoms with Gasteiger partial charge in [0.25, 0.3) is 0 Å². The molecule has 2 nitrogen and oxygen atoms in total. The smallest absolute Gasteiger partial charge is 0.120 e. The molecule has 0 unspecified atom stereocenters. The number of fused-ring (bicyclic) bond motifs is 1. The van der Waals surface area contributed by atoms with E-state index in [0.29, 0.717) is 0 Å². The van der Waals surface area contributed by atoms with Gasteiger partial charge in [-0.15, -0.1) is 0 Å². The number of nitrogens with zero attached hydrogens (tertiary/aromatic N) is 1. The number of ether oxygens (including phenoxy) is 1. The Bertz CT molecular complexity index is 709. The van der Waals surface area contributed by atoms with Crippen molar-refractivity contribution in [2.24, 2.45) is 7.05 Å². The minimum absolute atomic E-state index is 0.935. The van der Waals surface area contributed by atoms with E-state index in [4.69, 9.17) is 4.74 Å². The quantitative estimate of drug-likeness (QED) is 0.635. The molecule has 1 aromatic heterocycles. The van der Waals surface area contributed by atoms with Gasteiger partial charge in [0.15, 0.2) is 0 Å². The van der Waals surface area contributed by atoms with E-state index in [9.17, 15) is 0 Å². The fourth-order valence-electron chi connectivity index (χ4n) is 1.99. The van der Waals surface area contributed by atoms with Gasteiger partial charge in [0.1, 0.15) is 5.75 Å². The molecular formula is C18H21NOS. The summed E-state index contributed by atoms with van der Waals surface area (Å²) in [6.07, 6.45) is 1.03. The van der Waals surface area contributed by atoms with Crippen molar-refractivity contribution in [3.63, 3.8) is 0 Å². The summed E-state index contributed by atoms with van der Waals surface area (Å²) in [6.45, 7) is 6.06. The number of aromatic nitrogens is 1. The van der Waals surface area contributed by atoms with Crippen LogP contribution in [0, 0.1) is 0 Å². The van der Waals surface area contributed by atoms with Crippen molar-refractivity contribution in [2.45, 2.75) is 13.3 Å². The number of aryl methyl sites for hydroxylation is 1. The number of methoxy groups -OCH3 is 1. The normalized spacial score (nSPS) is 10.0. The molecule has 0 radical (unpaired) electrons. The monoisotopic (exact) mass is 299 g/mol. The minimum Gasteiger partial charge on any atom is -0.497 e. The summed E-state index contributed by atoms with van der Waals surface area (Å²) in [4.78, 5) is 0. The molecule has 21 heavy (non-hydrogen) atoms. The van der Waals surface area contributed by atoms with Gasteiger partial charge in [-0.25, -0.2) is 0 Å². The molecule has 0 bridgehead atoms. The Labute approximate surface area is 130 Å². The molecule has 0 aliphatic heterocycles. The molecule has 0 aliphatic rings. The molecule has 0 N–H and O–H groups in total. The molecule has 110 valence electrons. The standard InChI is InChI=1S/C10H12.C8H9NOS/c1-3-9(2)10-7-5-4-6-8-10;1-9-7-4-3-6(10-2)5-8(7)11-9/h4-8H,2-3H2,1H3;3-5H,1-2H3. The van der Waals surface area contributed by atoms with Gasteiger partial charge in [-0.05, 0) is 29.7 Å². The number of benzene rings is 2. The summed E-state index contributed by atoms with van der Waals surface area (Å²) >= 11 is 1.74. The third kappa shape index (κ3) is 3.76. The third-order valence-corrected chi connectivity index (χ3v) is 4.34. The van der Waals surface area contributed by atoms with E-state index in [2.05, 4.69) is 48.8 Å². The molecule has 3 heteroatoms. The molecule has 0 saturated carbocycles. The van der Waals surface area contributed by atoms with E-state index in [-0.39, 0.29) is 0 Å². The van der Waals surface area contributed by atoms with Gasteiger partial charge < -0.3 is 4.74 Å². The fourth-order valence-corrected chi connectivity index (χ4v) is 2.88. The lowest BCUT2D eigenvalue weighted by atomic mass is 10.1. The number of rotatable bonds is 3. The Morgan fingerprint density at radius 2 is 1.90 bits per heavy atom. The highest BCUT2D eigenvalue weighted by atomic mass is 32.1. The summed E-state index contributed by atoms with van der Waals surface area (Å²) < 4.78 is 8.52. The minimum atomic E-state index is 0.935. The predicted octanol–water partition coefficient (Wildman–Crippen LogP) is 5.36. The maximum absolute atomic E-state index is 5.09. The van der Waals surface area contributed by atoms with Crippen LogP contribution in [0.1, 0.15) is 18.9 Å².